The Hall–Kier alpha value is -3.03. The van der Waals surface area contributed by atoms with E-state index in [1.54, 1.807) is 26.0 Å². The first-order valence-electron chi connectivity index (χ1n) is 11.2. The van der Waals surface area contributed by atoms with Gasteiger partial charge in [-0.3, -0.25) is 24.0 Å². The third-order valence-corrected chi connectivity index (χ3v) is 5.02. The maximum Gasteiger partial charge on any atom is 0.325 e. The molecule has 35 heavy (non-hydrogen) atoms. The highest BCUT2D eigenvalue weighted by Crippen LogP contribution is 2.09. The van der Waals surface area contributed by atoms with Gasteiger partial charge in [-0.2, -0.15) is 0 Å². The molecular formula is C22H37N5O8. The van der Waals surface area contributed by atoms with Gasteiger partial charge in [-0.05, 0) is 19.8 Å². The molecule has 0 bridgehead atoms. The second-order valence-corrected chi connectivity index (χ2v) is 8.82. The van der Waals surface area contributed by atoms with Crippen molar-refractivity contribution in [3.8, 4) is 0 Å². The second kappa shape index (κ2) is 14.4. The molecule has 1 aliphatic rings. The van der Waals surface area contributed by atoms with Crippen molar-refractivity contribution >= 4 is 29.6 Å². The molecule has 0 saturated heterocycles. The van der Waals surface area contributed by atoms with Gasteiger partial charge in [-0.15, -0.1) is 0 Å². The van der Waals surface area contributed by atoms with Gasteiger partial charge in [-0.1, -0.05) is 26.0 Å². The molecule has 0 aliphatic carbocycles. The van der Waals surface area contributed by atoms with Crippen molar-refractivity contribution in [1.29, 1.82) is 0 Å². The molecule has 0 spiro atoms. The van der Waals surface area contributed by atoms with Crippen molar-refractivity contribution in [3.63, 3.8) is 0 Å². The summed E-state index contributed by atoms with van der Waals surface area (Å²) in [5.74, 6) is -3.55. The number of esters is 1. The van der Waals surface area contributed by atoms with Crippen LogP contribution < -0.4 is 27.0 Å². The molecule has 13 heteroatoms. The maximum absolute atomic E-state index is 13.0. The first-order chi connectivity index (χ1) is 16.4. The summed E-state index contributed by atoms with van der Waals surface area (Å²) in [5, 5.41) is 10.1. The lowest BCUT2D eigenvalue weighted by Gasteiger charge is -2.31. The number of carbonyl (C=O) groups excluding carboxylic acids is 5. The lowest BCUT2D eigenvalue weighted by molar-refractivity contribution is -0.142. The molecule has 0 radical (unpaired) electrons. The van der Waals surface area contributed by atoms with Gasteiger partial charge >= 0.3 is 5.97 Å². The number of rotatable bonds is 4. The van der Waals surface area contributed by atoms with Crippen molar-refractivity contribution in [2.24, 2.45) is 11.7 Å². The van der Waals surface area contributed by atoms with Crippen molar-refractivity contribution < 1.29 is 38.2 Å². The lowest BCUT2D eigenvalue weighted by Crippen LogP contribution is -2.63. The van der Waals surface area contributed by atoms with Gasteiger partial charge in [0.1, 0.15) is 30.2 Å². The van der Waals surface area contributed by atoms with Crippen molar-refractivity contribution in [1.82, 2.24) is 21.3 Å². The van der Waals surface area contributed by atoms with Gasteiger partial charge in [0, 0.05) is 0 Å². The monoisotopic (exact) mass is 499 g/mol. The van der Waals surface area contributed by atoms with E-state index in [1.807, 2.05) is 0 Å². The Morgan fingerprint density at radius 2 is 1.71 bits per heavy atom. The third kappa shape index (κ3) is 10.4. The first kappa shape index (κ1) is 30.0. The Balaban J connectivity index is 3.12. The molecule has 4 amide bonds. The number of nitrogens with two attached hydrogens (primary N) is 1. The van der Waals surface area contributed by atoms with Gasteiger partial charge < -0.3 is 41.2 Å². The zero-order valence-electron chi connectivity index (χ0n) is 20.8. The van der Waals surface area contributed by atoms with Crippen LogP contribution in [0.4, 0.5) is 0 Å². The minimum Gasteiger partial charge on any atom is -0.468 e. The Labute approximate surface area is 204 Å². The number of methoxy groups -OCH3 is 1. The maximum atomic E-state index is 13.0. The molecule has 1 heterocycles. The van der Waals surface area contributed by atoms with Gasteiger partial charge in [0.2, 0.25) is 23.6 Å². The van der Waals surface area contributed by atoms with E-state index < -0.39 is 53.3 Å². The first-order valence-corrected chi connectivity index (χ1v) is 11.2. The number of hydrogen-bond acceptors (Lipinski definition) is 9. The molecule has 3 atom stereocenters. The number of amides is 4. The average molecular weight is 500 g/mol. The van der Waals surface area contributed by atoms with Crippen LogP contribution in [0.15, 0.2) is 12.2 Å². The SMILES string of the molecule is COC(=O)CNC(=O)[C@@H]1COC/C=C\COC[C@H](N)C(=O)NC(C)(C)C(=O)N[C@@H](C(C)C)C(=O)N1. The second-order valence-electron chi connectivity index (χ2n) is 8.82. The zero-order valence-corrected chi connectivity index (χ0v) is 20.8. The van der Waals surface area contributed by atoms with E-state index in [-0.39, 0.29) is 38.9 Å². The van der Waals surface area contributed by atoms with Gasteiger partial charge in [-0.25, -0.2) is 0 Å². The molecular weight excluding hydrogens is 462 g/mol. The third-order valence-electron chi connectivity index (χ3n) is 5.02. The highest BCUT2D eigenvalue weighted by Gasteiger charge is 2.36. The molecule has 13 nitrogen and oxygen atoms in total. The summed E-state index contributed by atoms with van der Waals surface area (Å²) in [4.78, 5) is 62.3. The summed E-state index contributed by atoms with van der Waals surface area (Å²) in [6.07, 6.45) is 3.28. The van der Waals surface area contributed by atoms with Crippen LogP contribution in [-0.2, 0) is 38.2 Å². The molecule has 0 aromatic heterocycles. The molecule has 1 rings (SSSR count). The van der Waals surface area contributed by atoms with Crippen LogP contribution in [0.3, 0.4) is 0 Å². The van der Waals surface area contributed by atoms with E-state index in [0.717, 1.165) is 0 Å². The predicted octanol–water partition coefficient (Wildman–Crippen LogP) is -2.27. The van der Waals surface area contributed by atoms with Crippen LogP contribution >= 0.6 is 0 Å². The molecule has 0 aromatic rings. The smallest absolute Gasteiger partial charge is 0.325 e. The summed E-state index contributed by atoms with van der Waals surface area (Å²) >= 11 is 0. The molecule has 6 N–H and O–H groups in total. The Morgan fingerprint density at radius 1 is 1.11 bits per heavy atom. The van der Waals surface area contributed by atoms with Gasteiger partial charge in [0.05, 0.1) is 33.5 Å². The average Bonchev–Trinajstić information content (AvgIpc) is 2.79. The largest absolute Gasteiger partial charge is 0.468 e. The predicted molar refractivity (Wildman–Crippen MR) is 125 cm³/mol. The van der Waals surface area contributed by atoms with Crippen molar-refractivity contribution in [3.05, 3.63) is 12.2 Å². The van der Waals surface area contributed by atoms with Crippen LogP contribution in [0, 0.1) is 5.92 Å². The van der Waals surface area contributed by atoms with Crippen LogP contribution in [0.1, 0.15) is 27.7 Å². The lowest BCUT2D eigenvalue weighted by atomic mass is 9.98. The molecule has 0 aromatic carbocycles. The topological polar surface area (TPSA) is 187 Å². The van der Waals surface area contributed by atoms with E-state index in [9.17, 15) is 24.0 Å². The molecule has 0 saturated carbocycles. The number of ether oxygens (including phenoxy) is 3. The fourth-order valence-corrected chi connectivity index (χ4v) is 2.84. The van der Waals surface area contributed by atoms with Crippen molar-refractivity contribution in [2.45, 2.75) is 51.4 Å². The van der Waals surface area contributed by atoms with E-state index in [1.165, 1.54) is 21.0 Å². The molecule has 198 valence electrons. The van der Waals surface area contributed by atoms with E-state index in [2.05, 4.69) is 26.0 Å². The highest BCUT2D eigenvalue weighted by molar-refractivity contribution is 5.96. The summed E-state index contributed by atoms with van der Waals surface area (Å²) in [5.41, 5.74) is 4.45. The Kier molecular flexibility index (Phi) is 12.3. The number of carbonyl (C=O) groups is 5. The molecule has 0 unspecified atom stereocenters. The fraction of sp³-hybridized carbons (Fsp3) is 0.682. The summed E-state index contributed by atoms with van der Waals surface area (Å²) in [7, 11) is 1.18. The highest BCUT2D eigenvalue weighted by atomic mass is 16.5. The van der Waals surface area contributed by atoms with Gasteiger partial charge in [0.25, 0.3) is 0 Å². The molecule has 1 aliphatic heterocycles. The number of nitrogens with one attached hydrogen (secondary N) is 4. The standard InChI is InChI=1S/C22H37N5O8/c1-13(2)17-20(31)25-15(19(30)24-10-16(28)33-5)12-35-9-7-6-8-34-11-14(23)18(29)27-22(3,4)21(32)26-17/h6-7,13-15,17H,8-12,23H2,1-5H3,(H,24,30)(H,25,31)(H,26,32)(H,27,29)/b7-6-/t14-,15-,17-/m0/s1. The Morgan fingerprint density at radius 3 is 2.29 bits per heavy atom. The van der Waals surface area contributed by atoms with Crippen molar-refractivity contribution in [2.75, 3.05) is 40.1 Å². The number of hydrogen-bond donors (Lipinski definition) is 5. The fourth-order valence-electron chi connectivity index (χ4n) is 2.84. The van der Waals surface area contributed by atoms with Crippen LogP contribution in [-0.4, -0.2) is 93.3 Å². The minimum atomic E-state index is -1.39. The summed E-state index contributed by atoms with van der Waals surface area (Å²) in [6.45, 7) is 5.96. The zero-order chi connectivity index (χ0) is 26.6. The minimum absolute atomic E-state index is 0.0752. The van der Waals surface area contributed by atoms with Crippen LogP contribution in [0.2, 0.25) is 0 Å². The Bertz CT molecular complexity index is 799. The van der Waals surface area contributed by atoms with Gasteiger partial charge in [0.15, 0.2) is 0 Å². The molecule has 0 fully saturated rings. The quantitative estimate of drug-likeness (QED) is 0.210. The summed E-state index contributed by atoms with van der Waals surface area (Å²) in [6, 6.07) is -3.19. The van der Waals surface area contributed by atoms with E-state index in [4.69, 9.17) is 15.2 Å². The van der Waals surface area contributed by atoms with E-state index >= 15 is 0 Å². The van der Waals surface area contributed by atoms with E-state index in [0.29, 0.717) is 0 Å². The normalized spacial score (nSPS) is 25.8. The summed E-state index contributed by atoms with van der Waals surface area (Å²) < 4.78 is 15.3. The van der Waals surface area contributed by atoms with Crippen LogP contribution in [0.25, 0.3) is 0 Å². The van der Waals surface area contributed by atoms with Crippen LogP contribution in [0.5, 0.6) is 0 Å².